The van der Waals surface area contributed by atoms with Crippen LogP contribution < -0.4 is 10.5 Å². The third-order valence-electron chi connectivity index (χ3n) is 2.99. The van der Waals surface area contributed by atoms with Crippen molar-refractivity contribution in [3.63, 3.8) is 0 Å². The molecule has 0 saturated heterocycles. The van der Waals surface area contributed by atoms with Gasteiger partial charge in [0.05, 0.1) is 18.4 Å². The molecule has 6 heteroatoms. The Hall–Kier alpha value is -1.98. The van der Waals surface area contributed by atoms with Crippen molar-refractivity contribution in [2.24, 2.45) is 0 Å². The van der Waals surface area contributed by atoms with Crippen LogP contribution in [0.4, 0.5) is 5.82 Å². The average molecular weight is 306 g/mol. The summed E-state index contributed by atoms with van der Waals surface area (Å²) in [4.78, 5) is 1.06. The summed E-state index contributed by atoms with van der Waals surface area (Å²) in [5, 5.41) is 9.72. The fourth-order valence-corrected chi connectivity index (χ4v) is 3.04. The van der Waals surface area contributed by atoms with Crippen LogP contribution >= 0.6 is 22.9 Å². The molecule has 1 aromatic carbocycles. The van der Waals surface area contributed by atoms with Crippen molar-refractivity contribution in [2.75, 3.05) is 12.8 Å². The van der Waals surface area contributed by atoms with Crippen molar-refractivity contribution in [3.8, 4) is 27.4 Å². The van der Waals surface area contributed by atoms with Gasteiger partial charge in [-0.3, -0.25) is 5.10 Å². The molecule has 2 aromatic heterocycles. The molecular formula is C14H12ClN3OS. The van der Waals surface area contributed by atoms with E-state index in [4.69, 9.17) is 22.1 Å². The molecule has 0 radical (unpaired) electrons. The summed E-state index contributed by atoms with van der Waals surface area (Å²) >= 11 is 7.61. The molecule has 3 rings (SSSR count). The van der Waals surface area contributed by atoms with Crippen molar-refractivity contribution in [2.45, 2.75) is 0 Å². The number of anilines is 1. The molecule has 0 atom stereocenters. The molecular weight excluding hydrogens is 294 g/mol. The van der Waals surface area contributed by atoms with Crippen LogP contribution in [0.25, 0.3) is 21.7 Å². The molecule has 4 nitrogen and oxygen atoms in total. The minimum Gasteiger partial charge on any atom is -0.496 e. The summed E-state index contributed by atoms with van der Waals surface area (Å²) < 4.78 is 5.39. The molecule has 0 amide bonds. The molecule has 0 saturated carbocycles. The minimum atomic E-state index is 0.472. The van der Waals surface area contributed by atoms with Crippen molar-refractivity contribution in [3.05, 3.63) is 40.7 Å². The van der Waals surface area contributed by atoms with E-state index < -0.39 is 0 Å². The van der Waals surface area contributed by atoms with E-state index in [9.17, 15) is 0 Å². The highest BCUT2D eigenvalue weighted by molar-refractivity contribution is 7.13. The number of nitrogens with zero attached hydrogens (tertiary/aromatic N) is 1. The number of benzene rings is 1. The maximum atomic E-state index is 6.00. The van der Waals surface area contributed by atoms with Gasteiger partial charge in [-0.15, -0.1) is 11.3 Å². The summed E-state index contributed by atoms with van der Waals surface area (Å²) in [5.74, 6) is 1.15. The van der Waals surface area contributed by atoms with Crippen molar-refractivity contribution >= 4 is 28.8 Å². The van der Waals surface area contributed by atoms with Gasteiger partial charge in [-0.05, 0) is 29.6 Å². The molecule has 0 unspecified atom stereocenters. The van der Waals surface area contributed by atoms with Gasteiger partial charge in [-0.25, -0.2) is 0 Å². The van der Waals surface area contributed by atoms with Gasteiger partial charge >= 0.3 is 0 Å². The highest BCUT2D eigenvalue weighted by atomic mass is 35.5. The number of ether oxygens (including phenoxy) is 1. The fraction of sp³-hybridized carbons (Fsp3) is 0.0714. The normalized spacial score (nSPS) is 10.7. The number of methoxy groups -OCH3 is 1. The number of halogens is 1. The molecule has 0 aliphatic rings. The summed E-state index contributed by atoms with van der Waals surface area (Å²) in [6.45, 7) is 0. The van der Waals surface area contributed by atoms with Crippen LogP contribution in [-0.2, 0) is 0 Å². The summed E-state index contributed by atoms with van der Waals surface area (Å²) in [6, 6.07) is 9.47. The first-order chi connectivity index (χ1) is 9.70. The topological polar surface area (TPSA) is 63.9 Å². The van der Waals surface area contributed by atoms with Gasteiger partial charge in [0.2, 0.25) is 0 Å². The van der Waals surface area contributed by atoms with E-state index in [0.29, 0.717) is 16.6 Å². The third-order valence-corrected chi connectivity index (χ3v) is 4.12. The van der Waals surface area contributed by atoms with Crippen molar-refractivity contribution in [1.29, 1.82) is 0 Å². The van der Waals surface area contributed by atoms with E-state index in [0.717, 1.165) is 21.7 Å². The van der Waals surface area contributed by atoms with Crippen LogP contribution in [0.15, 0.2) is 35.7 Å². The highest BCUT2D eigenvalue weighted by Gasteiger charge is 2.18. The van der Waals surface area contributed by atoms with E-state index >= 15 is 0 Å². The molecule has 0 spiro atoms. The Labute approximate surface area is 125 Å². The lowest BCUT2D eigenvalue weighted by atomic mass is 10.1. The van der Waals surface area contributed by atoms with Crippen LogP contribution in [-0.4, -0.2) is 17.3 Å². The van der Waals surface area contributed by atoms with Gasteiger partial charge in [0.25, 0.3) is 0 Å². The zero-order valence-corrected chi connectivity index (χ0v) is 12.3. The Bertz CT molecular complexity index is 737. The second kappa shape index (κ2) is 5.19. The second-order valence-corrected chi connectivity index (χ2v) is 5.56. The molecule has 0 fully saturated rings. The molecule has 2 heterocycles. The standard InChI is InChI=1S/C14H12ClN3OS/c1-19-10-7-8(15)4-5-9(10)13-12(14(16)18-17-13)11-3-2-6-20-11/h2-7H,1H3,(H3,16,17,18). The quantitative estimate of drug-likeness (QED) is 0.767. The molecule has 20 heavy (non-hydrogen) atoms. The molecule has 0 bridgehead atoms. The average Bonchev–Trinajstić information content (AvgIpc) is 3.07. The summed E-state index contributed by atoms with van der Waals surface area (Å²) in [5.41, 5.74) is 8.59. The maximum Gasteiger partial charge on any atom is 0.154 e. The van der Waals surface area contributed by atoms with Gasteiger partial charge in [-0.2, -0.15) is 5.10 Å². The minimum absolute atomic E-state index is 0.472. The summed E-state index contributed by atoms with van der Waals surface area (Å²) in [7, 11) is 1.61. The number of aromatic amines is 1. The lowest BCUT2D eigenvalue weighted by Gasteiger charge is -2.09. The second-order valence-electron chi connectivity index (χ2n) is 4.18. The van der Waals surface area contributed by atoms with Gasteiger partial charge in [-0.1, -0.05) is 17.7 Å². The number of nitrogens with one attached hydrogen (secondary N) is 1. The van der Waals surface area contributed by atoms with E-state index in [1.165, 1.54) is 0 Å². The lowest BCUT2D eigenvalue weighted by Crippen LogP contribution is -1.90. The number of hydrogen-bond donors (Lipinski definition) is 2. The number of rotatable bonds is 3. The smallest absolute Gasteiger partial charge is 0.154 e. The van der Waals surface area contributed by atoms with Crippen LogP contribution in [0.1, 0.15) is 0 Å². The largest absolute Gasteiger partial charge is 0.496 e. The van der Waals surface area contributed by atoms with Crippen LogP contribution in [0.3, 0.4) is 0 Å². The third kappa shape index (κ3) is 2.15. The van der Waals surface area contributed by atoms with E-state index in [1.807, 2.05) is 29.6 Å². The number of nitrogens with two attached hydrogens (primary N) is 1. The highest BCUT2D eigenvalue weighted by Crippen LogP contribution is 2.41. The molecule has 3 N–H and O–H groups in total. The monoisotopic (exact) mass is 305 g/mol. The van der Waals surface area contributed by atoms with Gasteiger partial charge in [0, 0.05) is 15.5 Å². The zero-order chi connectivity index (χ0) is 14.1. The SMILES string of the molecule is COc1cc(Cl)ccc1-c1[nH]nc(N)c1-c1cccs1. The first-order valence-corrected chi connectivity index (χ1v) is 7.18. The van der Waals surface area contributed by atoms with Crippen LogP contribution in [0.5, 0.6) is 5.75 Å². The number of hydrogen-bond acceptors (Lipinski definition) is 4. The van der Waals surface area contributed by atoms with E-state index in [2.05, 4.69) is 10.2 Å². The van der Waals surface area contributed by atoms with Gasteiger partial charge < -0.3 is 10.5 Å². The van der Waals surface area contributed by atoms with Gasteiger partial charge in [0.1, 0.15) is 5.75 Å². The fourth-order valence-electron chi connectivity index (χ4n) is 2.09. The molecule has 0 aliphatic carbocycles. The van der Waals surface area contributed by atoms with Crippen LogP contribution in [0.2, 0.25) is 5.02 Å². The van der Waals surface area contributed by atoms with E-state index in [1.54, 1.807) is 24.5 Å². The predicted molar refractivity (Wildman–Crippen MR) is 83.3 cm³/mol. The Morgan fingerprint density at radius 3 is 2.90 bits per heavy atom. The Morgan fingerprint density at radius 2 is 2.20 bits per heavy atom. The number of H-pyrrole nitrogens is 1. The van der Waals surface area contributed by atoms with Crippen LogP contribution in [0, 0.1) is 0 Å². The van der Waals surface area contributed by atoms with Gasteiger partial charge in [0.15, 0.2) is 5.82 Å². The summed E-state index contributed by atoms with van der Waals surface area (Å²) in [6.07, 6.45) is 0. The Kier molecular flexibility index (Phi) is 3.38. The van der Waals surface area contributed by atoms with E-state index in [-0.39, 0.29) is 0 Å². The molecule has 0 aliphatic heterocycles. The predicted octanol–water partition coefficient (Wildman–Crippen LogP) is 4.05. The first-order valence-electron chi connectivity index (χ1n) is 5.92. The maximum absolute atomic E-state index is 6.00. The van der Waals surface area contributed by atoms with Crippen molar-refractivity contribution in [1.82, 2.24) is 10.2 Å². The molecule has 102 valence electrons. The number of thiophene rings is 1. The Morgan fingerprint density at radius 1 is 1.35 bits per heavy atom. The zero-order valence-electron chi connectivity index (χ0n) is 10.7. The van der Waals surface area contributed by atoms with Crippen molar-refractivity contribution < 1.29 is 4.74 Å². The Balaban J connectivity index is 2.22. The first kappa shape index (κ1) is 13.0. The molecule has 3 aromatic rings. The number of aromatic nitrogens is 2. The number of nitrogen functional groups attached to an aromatic ring is 1. The lowest BCUT2D eigenvalue weighted by molar-refractivity contribution is 0.416.